The first-order valence-electron chi connectivity index (χ1n) is 5.22. The summed E-state index contributed by atoms with van der Waals surface area (Å²) in [6.45, 7) is 3.65. The van der Waals surface area contributed by atoms with Crippen LogP contribution in [0.1, 0.15) is 31.9 Å². The van der Waals surface area contributed by atoms with Gasteiger partial charge in [-0.1, -0.05) is 0 Å². The van der Waals surface area contributed by atoms with E-state index in [1.54, 1.807) is 13.8 Å². The SMILES string of the molecule is CC(C)(O)CCn1ccc(C(O)C(F)(F)F)c1. The molecule has 0 spiro atoms. The van der Waals surface area contributed by atoms with Crippen molar-refractivity contribution >= 4 is 0 Å². The molecule has 1 heterocycles. The molecule has 2 N–H and O–H groups in total. The van der Waals surface area contributed by atoms with E-state index in [2.05, 4.69) is 0 Å². The van der Waals surface area contributed by atoms with Crippen molar-refractivity contribution in [1.82, 2.24) is 4.57 Å². The van der Waals surface area contributed by atoms with E-state index in [-0.39, 0.29) is 5.56 Å². The van der Waals surface area contributed by atoms with Crippen LogP contribution < -0.4 is 0 Å². The number of aliphatic hydroxyl groups is 2. The van der Waals surface area contributed by atoms with E-state index < -0.39 is 17.9 Å². The van der Waals surface area contributed by atoms with Gasteiger partial charge in [0.15, 0.2) is 6.10 Å². The lowest BCUT2D eigenvalue weighted by atomic mass is 10.1. The molecule has 98 valence electrons. The molecule has 0 aliphatic rings. The molecule has 0 saturated carbocycles. The third kappa shape index (κ3) is 4.40. The fourth-order valence-corrected chi connectivity index (χ4v) is 1.35. The summed E-state index contributed by atoms with van der Waals surface area (Å²) in [5, 5.41) is 18.5. The molecule has 0 aromatic carbocycles. The Bertz CT molecular complexity index is 366. The Kier molecular flexibility index (Phi) is 3.88. The van der Waals surface area contributed by atoms with Crippen molar-refractivity contribution in [3.63, 3.8) is 0 Å². The van der Waals surface area contributed by atoms with Gasteiger partial charge in [0.05, 0.1) is 5.60 Å². The van der Waals surface area contributed by atoms with Crippen molar-refractivity contribution in [3.05, 3.63) is 24.0 Å². The smallest absolute Gasteiger partial charge is 0.390 e. The highest BCUT2D eigenvalue weighted by Crippen LogP contribution is 2.32. The molecule has 17 heavy (non-hydrogen) atoms. The van der Waals surface area contributed by atoms with Gasteiger partial charge in [0, 0.05) is 24.5 Å². The minimum absolute atomic E-state index is 0.187. The second-order valence-corrected chi connectivity index (χ2v) is 4.69. The van der Waals surface area contributed by atoms with Crippen LogP contribution in [0, 0.1) is 0 Å². The summed E-state index contributed by atoms with van der Waals surface area (Å²) in [6.07, 6.45) is -3.99. The van der Waals surface area contributed by atoms with Crippen LogP contribution in [0.4, 0.5) is 13.2 Å². The third-order valence-electron chi connectivity index (χ3n) is 2.38. The molecule has 0 aliphatic heterocycles. The highest BCUT2D eigenvalue weighted by Gasteiger charge is 2.39. The Morgan fingerprint density at radius 1 is 1.35 bits per heavy atom. The normalized spacial score (nSPS) is 15.0. The monoisotopic (exact) mass is 251 g/mol. The molecule has 1 unspecified atom stereocenters. The van der Waals surface area contributed by atoms with Crippen molar-refractivity contribution < 1.29 is 23.4 Å². The van der Waals surface area contributed by atoms with Gasteiger partial charge in [-0.3, -0.25) is 0 Å². The van der Waals surface area contributed by atoms with E-state index in [0.717, 1.165) is 0 Å². The van der Waals surface area contributed by atoms with E-state index in [9.17, 15) is 18.3 Å². The topological polar surface area (TPSA) is 45.4 Å². The van der Waals surface area contributed by atoms with Crippen LogP contribution in [-0.4, -0.2) is 26.6 Å². The summed E-state index contributed by atoms with van der Waals surface area (Å²) in [5.41, 5.74) is -1.05. The first-order chi connectivity index (χ1) is 7.59. The van der Waals surface area contributed by atoms with Gasteiger partial charge in [0.25, 0.3) is 0 Å². The number of aliphatic hydroxyl groups excluding tert-OH is 1. The highest BCUT2D eigenvalue weighted by atomic mass is 19.4. The van der Waals surface area contributed by atoms with Gasteiger partial charge >= 0.3 is 6.18 Å². The van der Waals surface area contributed by atoms with Crippen molar-refractivity contribution in [1.29, 1.82) is 0 Å². The average Bonchev–Trinajstić information content (AvgIpc) is 2.59. The molecule has 1 atom stereocenters. The molecule has 0 aliphatic carbocycles. The zero-order valence-corrected chi connectivity index (χ0v) is 9.70. The maximum Gasteiger partial charge on any atom is 0.418 e. The van der Waals surface area contributed by atoms with Crippen molar-refractivity contribution in [3.8, 4) is 0 Å². The summed E-state index contributed by atoms with van der Waals surface area (Å²) in [4.78, 5) is 0. The van der Waals surface area contributed by atoms with E-state index in [1.807, 2.05) is 0 Å². The predicted molar refractivity (Wildman–Crippen MR) is 56.4 cm³/mol. The average molecular weight is 251 g/mol. The number of aryl methyl sites for hydroxylation is 1. The van der Waals surface area contributed by atoms with Gasteiger partial charge in [-0.2, -0.15) is 13.2 Å². The van der Waals surface area contributed by atoms with E-state index in [1.165, 1.54) is 23.0 Å². The van der Waals surface area contributed by atoms with E-state index in [0.29, 0.717) is 13.0 Å². The van der Waals surface area contributed by atoms with Crippen LogP contribution >= 0.6 is 0 Å². The number of nitrogens with zero attached hydrogens (tertiary/aromatic N) is 1. The summed E-state index contributed by atoms with van der Waals surface area (Å²) in [5.74, 6) is 0. The Hall–Kier alpha value is -1.01. The summed E-state index contributed by atoms with van der Waals surface area (Å²) >= 11 is 0. The lowest BCUT2D eigenvalue weighted by Gasteiger charge is -2.17. The van der Waals surface area contributed by atoms with Crippen LogP contribution in [0.25, 0.3) is 0 Å². The standard InChI is InChI=1S/C11H16F3NO2/c1-10(2,17)4-6-15-5-3-8(7-15)9(16)11(12,13)14/h3,5,7,9,16-17H,4,6H2,1-2H3. The minimum atomic E-state index is -4.65. The Morgan fingerprint density at radius 2 is 1.94 bits per heavy atom. The van der Waals surface area contributed by atoms with Crippen molar-refractivity contribution in [2.45, 2.75) is 44.7 Å². The van der Waals surface area contributed by atoms with Gasteiger partial charge in [-0.25, -0.2) is 0 Å². The zero-order valence-electron chi connectivity index (χ0n) is 9.70. The largest absolute Gasteiger partial charge is 0.418 e. The number of alkyl halides is 3. The molecule has 3 nitrogen and oxygen atoms in total. The Labute approximate surface area is 97.5 Å². The second kappa shape index (κ2) is 4.70. The zero-order chi connectivity index (χ0) is 13.3. The van der Waals surface area contributed by atoms with Crippen LogP contribution in [-0.2, 0) is 6.54 Å². The van der Waals surface area contributed by atoms with Crippen LogP contribution in [0.15, 0.2) is 18.5 Å². The first-order valence-corrected chi connectivity index (χ1v) is 5.22. The number of halogens is 3. The van der Waals surface area contributed by atoms with Crippen LogP contribution in [0.2, 0.25) is 0 Å². The molecule has 1 aromatic heterocycles. The number of hydrogen-bond donors (Lipinski definition) is 2. The molecule has 0 saturated heterocycles. The molecular formula is C11H16F3NO2. The second-order valence-electron chi connectivity index (χ2n) is 4.69. The molecule has 0 radical (unpaired) electrons. The van der Waals surface area contributed by atoms with E-state index in [4.69, 9.17) is 5.11 Å². The molecular weight excluding hydrogens is 235 g/mol. The Morgan fingerprint density at radius 3 is 2.41 bits per heavy atom. The number of hydrogen-bond acceptors (Lipinski definition) is 2. The van der Waals surface area contributed by atoms with Gasteiger partial charge in [0.1, 0.15) is 0 Å². The maximum absolute atomic E-state index is 12.2. The molecule has 0 fully saturated rings. The van der Waals surface area contributed by atoms with E-state index >= 15 is 0 Å². The molecule has 6 heteroatoms. The molecule has 1 aromatic rings. The lowest BCUT2D eigenvalue weighted by Crippen LogP contribution is -2.21. The fraction of sp³-hybridized carbons (Fsp3) is 0.636. The van der Waals surface area contributed by atoms with Gasteiger partial charge in [-0.15, -0.1) is 0 Å². The molecule has 0 bridgehead atoms. The summed E-state index contributed by atoms with van der Waals surface area (Å²) in [7, 11) is 0. The fourth-order valence-electron chi connectivity index (χ4n) is 1.35. The first kappa shape index (κ1) is 14.1. The number of aromatic nitrogens is 1. The minimum Gasteiger partial charge on any atom is -0.390 e. The summed E-state index contributed by atoms with van der Waals surface area (Å²) in [6, 6.07) is 1.22. The lowest BCUT2D eigenvalue weighted by molar-refractivity contribution is -0.206. The number of rotatable bonds is 4. The van der Waals surface area contributed by atoms with Gasteiger partial charge in [0.2, 0.25) is 0 Å². The molecule has 0 amide bonds. The van der Waals surface area contributed by atoms with Gasteiger partial charge in [-0.05, 0) is 26.3 Å². The summed E-state index contributed by atoms with van der Waals surface area (Å²) < 4.78 is 38.2. The third-order valence-corrected chi connectivity index (χ3v) is 2.38. The predicted octanol–water partition coefficient (Wildman–Crippen LogP) is 2.24. The van der Waals surface area contributed by atoms with Crippen LogP contribution in [0.3, 0.4) is 0 Å². The quantitative estimate of drug-likeness (QED) is 0.862. The van der Waals surface area contributed by atoms with Crippen LogP contribution in [0.5, 0.6) is 0 Å². The molecule has 1 rings (SSSR count). The van der Waals surface area contributed by atoms with Gasteiger partial charge < -0.3 is 14.8 Å². The van der Waals surface area contributed by atoms with Crippen molar-refractivity contribution in [2.75, 3.05) is 0 Å². The maximum atomic E-state index is 12.2. The van der Waals surface area contributed by atoms with Crippen molar-refractivity contribution in [2.24, 2.45) is 0 Å². The Balaban J connectivity index is 2.66. The highest BCUT2D eigenvalue weighted by molar-refractivity contribution is 5.15.